The molecular weight excluding hydrogens is 990 g/mol. The number of rotatable bonds is 22. The van der Waals surface area contributed by atoms with Crippen LogP contribution in [-0.2, 0) is 23.9 Å². The van der Waals surface area contributed by atoms with Crippen LogP contribution in [0.3, 0.4) is 0 Å². The monoisotopic (exact) mass is 1060 g/mol. The molecule has 9 rings (SSSR count). The van der Waals surface area contributed by atoms with Crippen molar-refractivity contribution in [2.75, 3.05) is 96.6 Å². The summed E-state index contributed by atoms with van der Waals surface area (Å²) in [7, 11) is 4.13. The number of carbonyl (C=O) groups is 6. The Morgan fingerprint density at radius 1 is 0.818 bits per heavy atom. The number of pyridine rings is 1. The third-order valence-corrected chi connectivity index (χ3v) is 14.9. The van der Waals surface area contributed by atoms with Crippen LogP contribution < -0.4 is 31.0 Å². The fourth-order valence-corrected chi connectivity index (χ4v) is 10.4. The highest BCUT2D eigenvalue weighted by Gasteiger charge is 2.46. The van der Waals surface area contributed by atoms with Gasteiger partial charge in [0.1, 0.15) is 36.2 Å². The van der Waals surface area contributed by atoms with Gasteiger partial charge in [0.05, 0.1) is 35.0 Å². The Kier molecular flexibility index (Phi) is 17.5. The minimum absolute atomic E-state index is 0.00363. The summed E-state index contributed by atoms with van der Waals surface area (Å²) >= 11 is 0. The van der Waals surface area contributed by atoms with Crippen LogP contribution in [0.5, 0.6) is 5.75 Å². The molecule has 3 aromatic carbocycles. The third-order valence-electron chi connectivity index (χ3n) is 14.9. The molecule has 77 heavy (non-hydrogen) atoms. The van der Waals surface area contributed by atoms with E-state index >= 15 is 4.39 Å². The lowest BCUT2D eigenvalue weighted by atomic mass is 9.85. The lowest BCUT2D eigenvalue weighted by Crippen LogP contribution is -2.58. The first-order valence-corrected chi connectivity index (χ1v) is 26.6. The summed E-state index contributed by atoms with van der Waals surface area (Å²) < 4.78 is 32.8. The average molecular weight is 1060 g/mol. The second-order valence-electron chi connectivity index (χ2n) is 20.3. The zero-order valence-corrected chi connectivity index (χ0v) is 43.9. The highest BCUT2D eigenvalue weighted by Crippen LogP contribution is 2.35. The fourth-order valence-electron chi connectivity index (χ4n) is 10.4. The SMILES string of the molecule is C[C@@H](NC(=O)c1cccc(NC2(C3=NC(c4ccncc4)N(C)N3)CCN(C)CC2)c1)c1ccc(OCCCCCOCCCOCC(=O)N2CCN(c3cc4c(cc3F)C(=O)N(C3CCC(=O)NC3=O)C4=O)CC2)cc1. The zero-order chi connectivity index (χ0) is 54.1. The van der Waals surface area contributed by atoms with Crippen molar-refractivity contribution in [1.29, 1.82) is 0 Å². The number of fused-ring (bicyclic) bond motifs is 1. The van der Waals surface area contributed by atoms with Gasteiger partial charge in [0.2, 0.25) is 17.7 Å². The number of likely N-dealkylation sites (tertiary alicyclic amines) is 1. The Morgan fingerprint density at radius 3 is 2.26 bits per heavy atom. The average Bonchev–Trinajstić information content (AvgIpc) is 4.03. The largest absolute Gasteiger partial charge is 0.494 e. The van der Waals surface area contributed by atoms with Gasteiger partial charge in [-0.15, -0.1) is 0 Å². The third kappa shape index (κ3) is 12.9. The van der Waals surface area contributed by atoms with Gasteiger partial charge in [-0.1, -0.05) is 18.2 Å². The van der Waals surface area contributed by atoms with Crippen LogP contribution in [-0.4, -0.2) is 164 Å². The normalized spacial score (nSPS) is 20.1. The molecule has 0 aliphatic carbocycles. The van der Waals surface area contributed by atoms with Crippen LogP contribution in [0, 0.1) is 5.82 Å². The predicted molar refractivity (Wildman–Crippen MR) is 285 cm³/mol. The molecule has 6 heterocycles. The van der Waals surface area contributed by atoms with Crippen molar-refractivity contribution >= 4 is 52.7 Å². The fraction of sp³-hybridized carbons (Fsp3) is 0.464. The van der Waals surface area contributed by atoms with Gasteiger partial charge in [-0.25, -0.2) is 9.38 Å². The van der Waals surface area contributed by atoms with E-state index in [1.54, 1.807) is 22.2 Å². The molecule has 4 aromatic rings. The molecule has 20 nitrogen and oxygen atoms in total. The summed E-state index contributed by atoms with van der Waals surface area (Å²) in [6.45, 7) is 6.96. The number of imide groups is 2. The van der Waals surface area contributed by atoms with E-state index in [1.807, 2.05) is 79.6 Å². The molecule has 5 aliphatic heterocycles. The summed E-state index contributed by atoms with van der Waals surface area (Å²) in [6, 6.07) is 20.4. The van der Waals surface area contributed by atoms with Crippen molar-refractivity contribution in [3.05, 3.63) is 119 Å². The van der Waals surface area contributed by atoms with E-state index in [4.69, 9.17) is 19.2 Å². The number of hydrazine groups is 1. The van der Waals surface area contributed by atoms with Crippen LogP contribution in [0.2, 0.25) is 0 Å². The lowest BCUT2D eigenvalue weighted by Gasteiger charge is -2.42. The summed E-state index contributed by atoms with van der Waals surface area (Å²) in [6.07, 6.45) is 8.40. The maximum atomic E-state index is 15.3. The topological polar surface area (TPSA) is 220 Å². The van der Waals surface area contributed by atoms with E-state index in [1.165, 1.54) is 6.07 Å². The number of amidine groups is 1. The number of unbranched alkanes of at least 4 members (excludes halogenated alkanes) is 2. The van der Waals surface area contributed by atoms with E-state index in [0.717, 1.165) is 84.6 Å². The van der Waals surface area contributed by atoms with Crippen LogP contribution in [0.1, 0.15) is 113 Å². The minimum Gasteiger partial charge on any atom is -0.494 e. The molecule has 0 radical (unpaired) electrons. The van der Waals surface area contributed by atoms with Crippen LogP contribution in [0.25, 0.3) is 0 Å². The Bertz CT molecular complexity index is 2820. The molecular formula is C56H68FN11O9. The number of ether oxygens (including phenoxy) is 3. The summed E-state index contributed by atoms with van der Waals surface area (Å²) in [5.74, 6) is -2.08. The number of hydrogen-bond donors (Lipinski definition) is 4. The molecule has 6 amide bonds. The Balaban J connectivity index is 0.621. The number of piperidine rings is 2. The first kappa shape index (κ1) is 54.5. The van der Waals surface area contributed by atoms with Crippen molar-refractivity contribution in [3.63, 3.8) is 0 Å². The number of carbonyl (C=O) groups excluding carboxylic acids is 6. The number of piperazine rings is 1. The lowest BCUT2D eigenvalue weighted by molar-refractivity contribution is -0.137. The molecule has 0 bridgehead atoms. The molecule has 2 unspecified atom stereocenters. The van der Waals surface area contributed by atoms with Crippen LogP contribution in [0.4, 0.5) is 15.8 Å². The molecule has 5 aliphatic rings. The Morgan fingerprint density at radius 2 is 1.52 bits per heavy atom. The van der Waals surface area contributed by atoms with Gasteiger partial charge in [0.25, 0.3) is 17.7 Å². The van der Waals surface area contributed by atoms with Crippen LogP contribution >= 0.6 is 0 Å². The van der Waals surface area contributed by atoms with Crippen molar-refractivity contribution < 1.29 is 47.4 Å². The number of nitrogens with zero attached hydrogens (tertiary/aromatic N) is 7. The first-order chi connectivity index (χ1) is 37.3. The van der Waals surface area contributed by atoms with Crippen molar-refractivity contribution in [1.82, 2.24) is 40.8 Å². The van der Waals surface area contributed by atoms with Crippen LogP contribution in [0.15, 0.2) is 90.2 Å². The van der Waals surface area contributed by atoms with E-state index in [2.05, 4.69) is 38.3 Å². The van der Waals surface area contributed by atoms with Gasteiger partial charge < -0.3 is 45.0 Å². The molecule has 408 valence electrons. The number of aliphatic imine (C=N–C) groups is 1. The highest BCUT2D eigenvalue weighted by molar-refractivity contribution is 6.23. The van der Waals surface area contributed by atoms with Gasteiger partial charge >= 0.3 is 0 Å². The summed E-state index contributed by atoms with van der Waals surface area (Å²) in [5.41, 5.74) is 6.55. The molecule has 3 atom stereocenters. The number of hydrogen-bond acceptors (Lipinski definition) is 16. The first-order valence-electron chi connectivity index (χ1n) is 26.6. The smallest absolute Gasteiger partial charge is 0.262 e. The number of amides is 6. The van der Waals surface area contributed by atoms with Gasteiger partial charge in [-0.2, -0.15) is 5.01 Å². The summed E-state index contributed by atoms with van der Waals surface area (Å²) in [4.78, 5) is 92.7. The Hall–Kier alpha value is -7.33. The van der Waals surface area contributed by atoms with E-state index < -0.39 is 41.0 Å². The number of halogens is 1. The Labute approximate surface area is 447 Å². The zero-order valence-electron chi connectivity index (χ0n) is 43.9. The maximum absolute atomic E-state index is 15.3. The van der Waals surface area contributed by atoms with E-state index in [0.29, 0.717) is 64.6 Å². The second-order valence-corrected chi connectivity index (χ2v) is 20.3. The molecule has 0 spiro atoms. The molecule has 0 saturated carbocycles. The maximum Gasteiger partial charge on any atom is 0.262 e. The molecule has 21 heteroatoms. The number of nitrogens with one attached hydrogen (secondary N) is 4. The van der Waals surface area contributed by atoms with Crippen molar-refractivity contribution in [2.45, 2.75) is 82.1 Å². The van der Waals surface area contributed by atoms with Crippen molar-refractivity contribution in [2.24, 2.45) is 4.99 Å². The number of aromatic nitrogens is 1. The second kappa shape index (κ2) is 24.8. The van der Waals surface area contributed by atoms with E-state index in [-0.39, 0.29) is 60.3 Å². The quantitative estimate of drug-likeness (QED) is 0.0611. The number of anilines is 2. The molecule has 1 aromatic heterocycles. The predicted octanol–water partition coefficient (Wildman–Crippen LogP) is 4.86. The summed E-state index contributed by atoms with van der Waals surface area (Å²) in [5, 5.41) is 11.1. The highest BCUT2D eigenvalue weighted by atomic mass is 19.1. The van der Waals surface area contributed by atoms with Gasteiger partial charge in [0, 0.05) is 96.2 Å². The molecule has 4 N–H and O–H groups in total. The van der Waals surface area contributed by atoms with E-state index in [9.17, 15) is 28.8 Å². The van der Waals surface area contributed by atoms with Gasteiger partial charge in [-0.3, -0.25) is 44.0 Å². The number of benzene rings is 3. The standard InChI is InChI=1S/C56H68FN11O9/c1-37(59-51(71)40-9-7-10-41(33-40)62-56(19-23-64(2)24-20-56)55-61-50(65(3)63-55)39-17-21-58-22-18-39)38-11-13-42(14-12-38)77-32-6-4-5-29-75-30-8-31-76-36-49(70)67-27-25-66(26-28-67)47-35-44-43(34-45(47)57)53(73)68(54(44)74)46-15-16-48(69)60-52(46)72/h7,9-14,17-18,21-22,33-35,37,46,50,62H,4-6,8,15-16,19-20,23-32,36H2,1-3H3,(H,59,71)(H,61,63)(H,60,69,72)/t37-,46?,50?/m1/s1. The van der Waals surface area contributed by atoms with Gasteiger partial charge in [0.15, 0.2) is 0 Å². The van der Waals surface area contributed by atoms with Gasteiger partial charge in [-0.05, 0) is 125 Å². The van der Waals surface area contributed by atoms with Crippen molar-refractivity contribution in [3.8, 4) is 5.75 Å². The minimum atomic E-state index is -1.14. The molecule has 3 fully saturated rings. The molecule has 3 saturated heterocycles.